The quantitative estimate of drug-likeness (QED) is 0.401. The van der Waals surface area contributed by atoms with E-state index in [2.05, 4.69) is 0 Å². The molecule has 0 N–H and O–H groups in total. The van der Waals surface area contributed by atoms with Crippen molar-refractivity contribution in [2.45, 2.75) is 0 Å². The van der Waals surface area contributed by atoms with E-state index in [1.165, 1.54) is 0 Å². The average molecular weight is 125 g/mol. The van der Waals surface area contributed by atoms with Crippen LogP contribution in [-0.2, 0) is 58.5 Å². The molecular weight excluding hydrogens is 125 g/mol. The molecule has 0 aliphatic heterocycles. The zero-order chi connectivity index (χ0) is 0. The van der Waals surface area contributed by atoms with Crippen LogP contribution < -0.4 is 0 Å². The van der Waals surface area contributed by atoms with Crippen LogP contribution in [0.25, 0.3) is 0 Å². The van der Waals surface area contributed by atoms with E-state index in [1.54, 1.807) is 0 Å². The van der Waals surface area contributed by atoms with Crippen molar-refractivity contribution < 1.29 is 58.5 Å². The van der Waals surface area contributed by atoms with Gasteiger partial charge in [0.1, 0.15) is 0 Å². The zero-order valence-corrected chi connectivity index (χ0v) is 5.26. The first-order chi connectivity index (χ1) is 0. The molecule has 0 aromatic rings. The summed E-state index contributed by atoms with van der Waals surface area (Å²) >= 11 is 0. The molecule has 0 amide bonds. The maximum absolute atomic E-state index is 0. The van der Waals surface area contributed by atoms with Gasteiger partial charge in [0.15, 0.2) is 0 Å². The number of hydrogen-bond acceptors (Lipinski definition) is 0. The second-order valence-corrected chi connectivity index (χ2v) is 0. The summed E-state index contributed by atoms with van der Waals surface area (Å²) in [4.78, 5) is 0. The summed E-state index contributed by atoms with van der Waals surface area (Å²) in [7, 11) is 0. The molecule has 2 nitrogen and oxygen atoms in total. The molecule has 0 aliphatic carbocycles. The summed E-state index contributed by atoms with van der Waals surface area (Å²) < 4.78 is 0. The van der Waals surface area contributed by atoms with Gasteiger partial charge in [0.25, 0.3) is 0 Å². The Hall–Kier alpha value is 1.50. The van der Waals surface area contributed by atoms with Crippen LogP contribution in [0.5, 0.6) is 0 Å². The van der Waals surface area contributed by atoms with Gasteiger partial charge in [-0.05, 0) is 0 Å². The fourth-order valence-corrected chi connectivity index (χ4v) is 0. The van der Waals surface area contributed by atoms with Gasteiger partial charge in [0.2, 0.25) is 0 Å². The molecule has 0 saturated carbocycles. The molecule has 0 atom stereocenters. The van der Waals surface area contributed by atoms with Gasteiger partial charge in [-0.3, -0.25) is 0 Å². The van der Waals surface area contributed by atoms with Gasteiger partial charge in [-0.25, -0.2) is 0 Å². The SMILES string of the molecule is [O-2].[O-2].[Sc+3].[Ti+4]. The molecular formula is O2ScTi+3. The normalized spacial score (nSPS) is 0. The minimum Gasteiger partial charge on any atom is -2.00 e. The Morgan fingerprint density at radius 2 is 0.750 bits per heavy atom. The van der Waals surface area contributed by atoms with Crippen LogP contribution in [0.3, 0.4) is 0 Å². The first-order valence-corrected chi connectivity index (χ1v) is 0. The second-order valence-electron chi connectivity index (χ2n) is 0. The van der Waals surface area contributed by atoms with Gasteiger partial charge in [-0.2, -0.15) is 0 Å². The van der Waals surface area contributed by atoms with E-state index < -0.39 is 0 Å². The van der Waals surface area contributed by atoms with Crippen molar-refractivity contribution in [2.24, 2.45) is 0 Å². The summed E-state index contributed by atoms with van der Waals surface area (Å²) in [5.74, 6) is 0. The Kier molecular flexibility index (Phi) is 302. The molecule has 0 spiro atoms. The summed E-state index contributed by atoms with van der Waals surface area (Å²) in [5, 5.41) is 0. The van der Waals surface area contributed by atoms with Crippen molar-refractivity contribution in [3.05, 3.63) is 0 Å². The predicted octanol–water partition coefficient (Wildman–Crippen LogP) is -0.243. The minimum absolute atomic E-state index is 0. The van der Waals surface area contributed by atoms with Crippen LogP contribution in [0.15, 0.2) is 0 Å². The van der Waals surface area contributed by atoms with Gasteiger partial charge in [-0.1, -0.05) is 0 Å². The van der Waals surface area contributed by atoms with E-state index in [1.807, 2.05) is 0 Å². The van der Waals surface area contributed by atoms with E-state index >= 15 is 0 Å². The van der Waals surface area contributed by atoms with E-state index in [4.69, 9.17) is 0 Å². The predicted molar refractivity (Wildman–Crippen MR) is 1.37 cm³/mol. The van der Waals surface area contributed by atoms with E-state index in [-0.39, 0.29) is 58.5 Å². The zero-order valence-electron chi connectivity index (χ0n) is 1.89. The summed E-state index contributed by atoms with van der Waals surface area (Å²) in [6.07, 6.45) is 0. The minimum atomic E-state index is 0. The Morgan fingerprint density at radius 3 is 0.750 bits per heavy atom. The molecule has 0 saturated heterocycles. The van der Waals surface area contributed by atoms with Crippen LogP contribution in [0.1, 0.15) is 0 Å². The largest absolute Gasteiger partial charge is 4.00 e. The van der Waals surface area contributed by atoms with Crippen LogP contribution in [-0.4, -0.2) is 0 Å². The molecule has 0 fully saturated rings. The molecule has 0 bridgehead atoms. The Labute approximate surface area is 58.2 Å². The standard InChI is InChI=1S/2O.Sc.Ti/q2*-2;+3;+4. The van der Waals surface area contributed by atoms with Crippen molar-refractivity contribution >= 4 is 0 Å². The monoisotopic (exact) mass is 125 g/mol. The molecule has 4 heavy (non-hydrogen) atoms. The molecule has 4 heteroatoms. The van der Waals surface area contributed by atoms with Gasteiger partial charge in [0, 0.05) is 0 Å². The molecule has 0 rings (SSSR count). The Morgan fingerprint density at radius 1 is 0.750 bits per heavy atom. The van der Waals surface area contributed by atoms with E-state index in [0.717, 1.165) is 0 Å². The van der Waals surface area contributed by atoms with Crippen LogP contribution in [0, 0.1) is 0 Å². The molecule has 0 unspecified atom stereocenters. The number of rotatable bonds is 0. The van der Waals surface area contributed by atoms with E-state index in [9.17, 15) is 0 Å². The maximum Gasteiger partial charge on any atom is 4.00 e. The van der Waals surface area contributed by atoms with Crippen LogP contribution in [0.2, 0.25) is 0 Å². The first-order valence-electron chi connectivity index (χ1n) is 0. The van der Waals surface area contributed by atoms with Crippen LogP contribution >= 0.6 is 0 Å². The first kappa shape index (κ1) is 49.3. The van der Waals surface area contributed by atoms with E-state index in [0.29, 0.717) is 0 Å². The van der Waals surface area contributed by atoms with Gasteiger partial charge < -0.3 is 11.0 Å². The maximum atomic E-state index is 0. The third-order valence-electron chi connectivity index (χ3n) is 0. The fraction of sp³-hybridized carbons (Fsp3) is 0. The van der Waals surface area contributed by atoms with Crippen molar-refractivity contribution in [1.82, 2.24) is 0 Å². The average Bonchev–Trinajstić information content (AvgIpc) is 0. The fourth-order valence-electron chi connectivity index (χ4n) is 0. The molecule has 0 aromatic carbocycles. The van der Waals surface area contributed by atoms with Crippen molar-refractivity contribution in [1.29, 1.82) is 0 Å². The van der Waals surface area contributed by atoms with Gasteiger partial charge >= 0.3 is 47.6 Å². The Bertz CT molecular complexity index is 6.00. The number of hydrogen-bond donors (Lipinski definition) is 0. The molecule has 16 valence electrons. The third kappa shape index (κ3) is 9.71. The van der Waals surface area contributed by atoms with Crippen molar-refractivity contribution in [3.8, 4) is 0 Å². The summed E-state index contributed by atoms with van der Waals surface area (Å²) in [5.41, 5.74) is 0. The van der Waals surface area contributed by atoms with Crippen LogP contribution in [0.4, 0.5) is 0 Å². The summed E-state index contributed by atoms with van der Waals surface area (Å²) in [6, 6.07) is 0. The van der Waals surface area contributed by atoms with Gasteiger partial charge in [-0.15, -0.1) is 0 Å². The molecule has 0 aliphatic rings. The molecule has 0 heterocycles. The second kappa shape index (κ2) is 24.4. The topological polar surface area (TPSA) is 57.0 Å². The Balaban J connectivity index is 0. The smallest absolute Gasteiger partial charge is 2.00 e. The summed E-state index contributed by atoms with van der Waals surface area (Å²) in [6.45, 7) is 0. The third-order valence-corrected chi connectivity index (χ3v) is 0. The van der Waals surface area contributed by atoms with Crippen molar-refractivity contribution in [2.75, 3.05) is 0 Å². The van der Waals surface area contributed by atoms with Gasteiger partial charge in [0.05, 0.1) is 0 Å². The molecule has 0 radical (unpaired) electrons. The van der Waals surface area contributed by atoms with Crippen molar-refractivity contribution in [3.63, 3.8) is 0 Å². The molecule has 0 aromatic heterocycles.